The summed E-state index contributed by atoms with van der Waals surface area (Å²) in [5.74, 6) is -1.46. The molecule has 3 aromatic rings. The number of amides is 2. The molecule has 31 heavy (non-hydrogen) atoms. The summed E-state index contributed by atoms with van der Waals surface area (Å²) >= 11 is 6.01. The van der Waals surface area contributed by atoms with Crippen LogP contribution in [-0.2, 0) is 9.53 Å². The zero-order valence-corrected chi connectivity index (χ0v) is 17.5. The first-order chi connectivity index (χ1) is 14.9. The number of ether oxygens (including phenoxy) is 1. The maximum absolute atomic E-state index is 12.5. The number of halogens is 1. The van der Waals surface area contributed by atoms with E-state index in [1.54, 1.807) is 55.5 Å². The lowest BCUT2D eigenvalue weighted by molar-refractivity contribution is -0.119. The van der Waals surface area contributed by atoms with Gasteiger partial charge in [0, 0.05) is 16.5 Å². The van der Waals surface area contributed by atoms with E-state index in [1.165, 1.54) is 0 Å². The van der Waals surface area contributed by atoms with E-state index in [-0.39, 0.29) is 17.5 Å². The summed E-state index contributed by atoms with van der Waals surface area (Å²) in [6.45, 7) is 1.20. The predicted molar refractivity (Wildman–Crippen MR) is 117 cm³/mol. The fraction of sp³-hybridized carbons (Fsp3) is 0.217. The van der Waals surface area contributed by atoms with Gasteiger partial charge >= 0.3 is 5.97 Å². The van der Waals surface area contributed by atoms with E-state index in [0.29, 0.717) is 32.9 Å². The van der Waals surface area contributed by atoms with Crippen LogP contribution >= 0.6 is 11.6 Å². The van der Waals surface area contributed by atoms with Crippen LogP contribution in [0.15, 0.2) is 48.5 Å². The van der Waals surface area contributed by atoms with Crippen molar-refractivity contribution in [2.45, 2.75) is 25.8 Å². The number of para-hydroxylation sites is 1. The standard InChI is InChI=1S/C23H20ClN3O4/c1-13-18(11-14-10-15(24)6-9-19(14)25-13)23(30)31-12-21(28)27-20-5-3-2-4-17(20)22(29)26-16-7-8-16/h2-6,9-11,16H,7-8,12H2,1H3,(H,26,29)(H,27,28). The van der Waals surface area contributed by atoms with Crippen molar-refractivity contribution >= 4 is 46.0 Å². The van der Waals surface area contributed by atoms with Crippen molar-refractivity contribution in [3.63, 3.8) is 0 Å². The third-order valence-electron chi connectivity index (χ3n) is 4.88. The van der Waals surface area contributed by atoms with Crippen LogP contribution in [0.1, 0.15) is 39.3 Å². The van der Waals surface area contributed by atoms with Crippen LogP contribution in [0.25, 0.3) is 10.9 Å². The number of aromatic nitrogens is 1. The molecule has 4 rings (SSSR count). The first-order valence-corrected chi connectivity index (χ1v) is 10.2. The Kier molecular flexibility index (Phi) is 5.86. The Morgan fingerprint density at radius 2 is 1.87 bits per heavy atom. The number of hydrogen-bond donors (Lipinski definition) is 2. The molecule has 2 amide bonds. The highest BCUT2D eigenvalue weighted by atomic mass is 35.5. The topological polar surface area (TPSA) is 97.4 Å². The predicted octanol–water partition coefficient (Wildman–Crippen LogP) is 3.88. The second-order valence-corrected chi connectivity index (χ2v) is 7.81. The lowest BCUT2D eigenvalue weighted by Gasteiger charge is -2.12. The van der Waals surface area contributed by atoms with Crippen molar-refractivity contribution in [1.29, 1.82) is 0 Å². The first kappa shape index (κ1) is 20.8. The zero-order chi connectivity index (χ0) is 22.0. The molecular formula is C23H20ClN3O4. The van der Waals surface area contributed by atoms with Crippen molar-refractivity contribution < 1.29 is 19.1 Å². The summed E-state index contributed by atoms with van der Waals surface area (Å²) in [4.78, 5) is 41.6. The van der Waals surface area contributed by atoms with Crippen LogP contribution in [0.5, 0.6) is 0 Å². The molecule has 7 nitrogen and oxygen atoms in total. The largest absolute Gasteiger partial charge is 0.452 e. The summed E-state index contributed by atoms with van der Waals surface area (Å²) < 4.78 is 5.17. The summed E-state index contributed by atoms with van der Waals surface area (Å²) in [6.07, 6.45) is 1.93. The van der Waals surface area contributed by atoms with E-state index in [1.807, 2.05) is 0 Å². The monoisotopic (exact) mass is 437 g/mol. The van der Waals surface area contributed by atoms with Gasteiger partial charge < -0.3 is 15.4 Å². The van der Waals surface area contributed by atoms with Gasteiger partial charge in [-0.3, -0.25) is 14.6 Å². The fourth-order valence-corrected chi connectivity index (χ4v) is 3.31. The highest BCUT2D eigenvalue weighted by Gasteiger charge is 2.25. The molecule has 0 aliphatic heterocycles. The molecule has 158 valence electrons. The van der Waals surface area contributed by atoms with E-state index < -0.39 is 18.5 Å². The van der Waals surface area contributed by atoms with Crippen molar-refractivity contribution in [2.24, 2.45) is 0 Å². The summed E-state index contributed by atoms with van der Waals surface area (Å²) in [5, 5.41) is 6.75. The van der Waals surface area contributed by atoms with Gasteiger partial charge in [-0.1, -0.05) is 23.7 Å². The molecule has 1 saturated carbocycles. The Balaban J connectivity index is 1.41. The number of esters is 1. The number of pyridine rings is 1. The lowest BCUT2D eigenvalue weighted by Crippen LogP contribution is -2.28. The molecule has 1 aliphatic rings. The number of hydrogen-bond acceptors (Lipinski definition) is 5. The van der Waals surface area contributed by atoms with Gasteiger partial charge in [-0.25, -0.2) is 4.79 Å². The van der Waals surface area contributed by atoms with Crippen molar-refractivity contribution in [2.75, 3.05) is 11.9 Å². The quantitative estimate of drug-likeness (QED) is 0.570. The molecule has 1 fully saturated rings. The van der Waals surface area contributed by atoms with Crippen LogP contribution in [0.4, 0.5) is 5.69 Å². The SMILES string of the molecule is Cc1nc2ccc(Cl)cc2cc1C(=O)OCC(=O)Nc1ccccc1C(=O)NC1CC1. The van der Waals surface area contributed by atoms with E-state index >= 15 is 0 Å². The van der Waals surface area contributed by atoms with Crippen molar-refractivity contribution in [3.8, 4) is 0 Å². The number of carbonyl (C=O) groups excluding carboxylic acids is 3. The molecule has 0 radical (unpaired) electrons. The number of nitrogens with zero attached hydrogens (tertiary/aromatic N) is 1. The van der Waals surface area contributed by atoms with Gasteiger partial charge in [0.25, 0.3) is 11.8 Å². The van der Waals surface area contributed by atoms with E-state index in [9.17, 15) is 14.4 Å². The van der Waals surface area contributed by atoms with Gasteiger partial charge in [-0.15, -0.1) is 0 Å². The van der Waals surface area contributed by atoms with E-state index in [4.69, 9.17) is 16.3 Å². The van der Waals surface area contributed by atoms with Crippen molar-refractivity contribution in [3.05, 3.63) is 70.4 Å². The molecule has 8 heteroatoms. The van der Waals surface area contributed by atoms with Gasteiger partial charge in [-0.05, 0) is 56.2 Å². The Morgan fingerprint density at radius 3 is 2.65 bits per heavy atom. The average Bonchev–Trinajstić information content (AvgIpc) is 3.56. The normalized spacial score (nSPS) is 13.0. The van der Waals surface area contributed by atoms with Gasteiger partial charge in [0.2, 0.25) is 0 Å². The molecule has 0 spiro atoms. The molecule has 2 N–H and O–H groups in total. The summed E-state index contributed by atoms with van der Waals surface area (Å²) in [7, 11) is 0. The number of fused-ring (bicyclic) bond motifs is 1. The third kappa shape index (κ3) is 5.00. The summed E-state index contributed by atoms with van der Waals surface area (Å²) in [5.41, 5.74) is 2.17. The number of aryl methyl sites for hydroxylation is 1. The Labute approximate surface area is 183 Å². The molecule has 0 bridgehead atoms. The highest BCUT2D eigenvalue weighted by molar-refractivity contribution is 6.31. The molecule has 0 saturated heterocycles. The third-order valence-corrected chi connectivity index (χ3v) is 5.12. The van der Waals surface area contributed by atoms with Gasteiger partial charge in [0.1, 0.15) is 0 Å². The molecular weight excluding hydrogens is 418 g/mol. The van der Waals surface area contributed by atoms with Crippen LogP contribution in [0, 0.1) is 6.92 Å². The number of rotatable bonds is 6. The van der Waals surface area contributed by atoms with Gasteiger partial charge in [-0.2, -0.15) is 0 Å². The Bertz CT molecular complexity index is 1190. The smallest absolute Gasteiger partial charge is 0.340 e. The van der Waals surface area contributed by atoms with E-state index in [2.05, 4.69) is 15.6 Å². The zero-order valence-electron chi connectivity index (χ0n) is 16.8. The fourth-order valence-electron chi connectivity index (χ4n) is 3.13. The highest BCUT2D eigenvalue weighted by Crippen LogP contribution is 2.22. The first-order valence-electron chi connectivity index (χ1n) is 9.84. The maximum atomic E-state index is 12.5. The van der Waals surface area contributed by atoms with Crippen LogP contribution in [0.3, 0.4) is 0 Å². The minimum Gasteiger partial charge on any atom is -0.452 e. The average molecular weight is 438 g/mol. The molecule has 2 aromatic carbocycles. The van der Waals surface area contributed by atoms with Crippen LogP contribution in [-0.4, -0.2) is 35.4 Å². The van der Waals surface area contributed by atoms with Crippen LogP contribution in [0.2, 0.25) is 5.02 Å². The minimum absolute atomic E-state index is 0.200. The Morgan fingerprint density at radius 1 is 1.10 bits per heavy atom. The number of benzene rings is 2. The second kappa shape index (κ2) is 8.73. The number of anilines is 1. The summed E-state index contributed by atoms with van der Waals surface area (Å²) in [6, 6.07) is 13.7. The number of nitrogens with one attached hydrogen (secondary N) is 2. The lowest BCUT2D eigenvalue weighted by atomic mass is 10.1. The maximum Gasteiger partial charge on any atom is 0.340 e. The molecule has 0 atom stereocenters. The Hall–Kier alpha value is -3.45. The molecule has 1 aromatic heterocycles. The minimum atomic E-state index is -0.665. The van der Waals surface area contributed by atoms with E-state index in [0.717, 1.165) is 12.8 Å². The van der Waals surface area contributed by atoms with Crippen LogP contribution < -0.4 is 10.6 Å². The molecule has 1 aliphatic carbocycles. The van der Waals surface area contributed by atoms with Gasteiger partial charge in [0.05, 0.1) is 28.0 Å². The number of carbonyl (C=O) groups is 3. The molecule has 1 heterocycles. The molecule has 0 unspecified atom stereocenters. The van der Waals surface area contributed by atoms with Gasteiger partial charge in [0.15, 0.2) is 6.61 Å². The second-order valence-electron chi connectivity index (χ2n) is 7.38. The van der Waals surface area contributed by atoms with Crippen molar-refractivity contribution in [1.82, 2.24) is 10.3 Å².